The molecule has 4 nitrogen and oxygen atoms in total. The first-order valence-electron chi connectivity index (χ1n) is 7.31. The molecule has 0 spiro atoms. The van der Waals surface area contributed by atoms with Crippen molar-refractivity contribution in [2.45, 2.75) is 51.6 Å². The zero-order valence-corrected chi connectivity index (χ0v) is 12.5. The predicted molar refractivity (Wildman–Crippen MR) is 81.2 cm³/mol. The molecule has 0 aliphatic heterocycles. The second-order valence-corrected chi connectivity index (χ2v) is 5.54. The van der Waals surface area contributed by atoms with Crippen LogP contribution in [0.2, 0.25) is 0 Å². The van der Waals surface area contributed by atoms with Crippen molar-refractivity contribution in [1.29, 1.82) is 0 Å². The molecule has 1 unspecified atom stereocenters. The number of ether oxygens (including phenoxy) is 1. The van der Waals surface area contributed by atoms with Crippen molar-refractivity contribution in [3.05, 3.63) is 23.8 Å². The third-order valence-electron chi connectivity index (χ3n) is 3.87. The highest BCUT2D eigenvalue weighted by molar-refractivity contribution is 5.84. The number of carbonyl (C=O) groups is 1. The molecule has 1 aliphatic rings. The van der Waals surface area contributed by atoms with Crippen molar-refractivity contribution in [1.82, 2.24) is 5.32 Å². The Morgan fingerprint density at radius 1 is 1.35 bits per heavy atom. The van der Waals surface area contributed by atoms with Gasteiger partial charge in [-0.05, 0) is 50.5 Å². The van der Waals surface area contributed by atoms with E-state index in [9.17, 15) is 4.79 Å². The SMILES string of the molecule is COc1ccc(NC(C)C(=O)NC2CCCC2)cc1C. The number of amides is 1. The van der Waals surface area contributed by atoms with Crippen LogP contribution >= 0.6 is 0 Å². The van der Waals surface area contributed by atoms with Gasteiger partial charge in [0, 0.05) is 11.7 Å². The van der Waals surface area contributed by atoms with E-state index in [0.717, 1.165) is 29.8 Å². The Labute approximate surface area is 120 Å². The average Bonchev–Trinajstić information content (AvgIpc) is 2.91. The molecular formula is C16H24N2O2. The summed E-state index contributed by atoms with van der Waals surface area (Å²) in [5.41, 5.74) is 2.00. The summed E-state index contributed by atoms with van der Waals surface area (Å²) in [5, 5.41) is 6.35. The fourth-order valence-electron chi connectivity index (χ4n) is 2.68. The maximum absolute atomic E-state index is 12.1. The second kappa shape index (κ2) is 6.64. The van der Waals surface area contributed by atoms with E-state index >= 15 is 0 Å². The van der Waals surface area contributed by atoms with Gasteiger partial charge in [0.1, 0.15) is 11.8 Å². The van der Waals surface area contributed by atoms with E-state index in [-0.39, 0.29) is 11.9 Å². The lowest BCUT2D eigenvalue weighted by Gasteiger charge is -2.19. The Morgan fingerprint density at radius 2 is 2.05 bits per heavy atom. The third kappa shape index (κ3) is 3.65. The number of hydrogen-bond donors (Lipinski definition) is 2. The van der Waals surface area contributed by atoms with Gasteiger partial charge in [-0.25, -0.2) is 0 Å². The minimum absolute atomic E-state index is 0.0744. The molecular weight excluding hydrogens is 252 g/mol. The molecule has 0 radical (unpaired) electrons. The van der Waals surface area contributed by atoms with E-state index in [0.29, 0.717) is 6.04 Å². The zero-order valence-electron chi connectivity index (χ0n) is 12.5. The maximum atomic E-state index is 12.1. The van der Waals surface area contributed by atoms with Crippen LogP contribution in [0.3, 0.4) is 0 Å². The summed E-state index contributed by atoms with van der Waals surface area (Å²) in [5.74, 6) is 0.934. The Kier molecular flexibility index (Phi) is 4.88. The first-order chi connectivity index (χ1) is 9.60. The third-order valence-corrected chi connectivity index (χ3v) is 3.87. The first kappa shape index (κ1) is 14.7. The summed E-state index contributed by atoms with van der Waals surface area (Å²) in [6.07, 6.45) is 4.68. The van der Waals surface area contributed by atoms with Crippen LogP contribution in [0.5, 0.6) is 5.75 Å². The number of methoxy groups -OCH3 is 1. The van der Waals surface area contributed by atoms with Crippen LogP contribution in [0.1, 0.15) is 38.2 Å². The molecule has 1 atom stereocenters. The van der Waals surface area contributed by atoms with Crippen molar-refractivity contribution in [3.63, 3.8) is 0 Å². The number of nitrogens with one attached hydrogen (secondary N) is 2. The number of rotatable bonds is 5. The molecule has 0 bridgehead atoms. The fourth-order valence-corrected chi connectivity index (χ4v) is 2.68. The second-order valence-electron chi connectivity index (χ2n) is 5.54. The summed E-state index contributed by atoms with van der Waals surface area (Å²) in [7, 11) is 1.66. The molecule has 1 aromatic carbocycles. The molecule has 1 amide bonds. The van der Waals surface area contributed by atoms with E-state index in [1.807, 2.05) is 32.0 Å². The van der Waals surface area contributed by atoms with E-state index in [4.69, 9.17) is 4.74 Å². The van der Waals surface area contributed by atoms with Crippen molar-refractivity contribution < 1.29 is 9.53 Å². The minimum atomic E-state index is -0.233. The standard InChI is InChI=1S/C16H24N2O2/c1-11-10-14(8-9-15(11)20-3)17-12(2)16(19)18-13-6-4-5-7-13/h8-10,12-13,17H,4-7H2,1-3H3,(H,18,19). The van der Waals surface area contributed by atoms with Gasteiger partial charge in [-0.15, -0.1) is 0 Å². The van der Waals surface area contributed by atoms with Gasteiger partial charge in [-0.1, -0.05) is 12.8 Å². The molecule has 0 heterocycles. The van der Waals surface area contributed by atoms with Crippen molar-refractivity contribution in [2.75, 3.05) is 12.4 Å². The maximum Gasteiger partial charge on any atom is 0.242 e. The average molecular weight is 276 g/mol. The smallest absolute Gasteiger partial charge is 0.242 e. The Bertz CT molecular complexity index is 468. The van der Waals surface area contributed by atoms with E-state index in [2.05, 4.69) is 10.6 Å². The number of anilines is 1. The first-order valence-corrected chi connectivity index (χ1v) is 7.31. The van der Waals surface area contributed by atoms with Gasteiger partial charge in [0.15, 0.2) is 0 Å². The van der Waals surface area contributed by atoms with E-state index in [1.54, 1.807) is 7.11 Å². The van der Waals surface area contributed by atoms with Gasteiger partial charge in [0.25, 0.3) is 0 Å². The molecule has 1 aliphatic carbocycles. The molecule has 1 saturated carbocycles. The molecule has 4 heteroatoms. The molecule has 20 heavy (non-hydrogen) atoms. The van der Waals surface area contributed by atoms with Crippen LogP contribution in [-0.2, 0) is 4.79 Å². The number of hydrogen-bond acceptors (Lipinski definition) is 3. The normalized spacial score (nSPS) is 16.8. The Hall–Kier alpha value is -1.71. The number of aryl methyl sites for hydroxylation is 1. The molecule has 2 N–H and O–H groups in total. The highest BCUT2D eigenvalue weighted by atomic mass is 16.5. The zero-order chi connectivity index (χ0) is 14.5. The molecule has 1 fully saturated rings. The molecule has 0 aromatic heterocycles. The van der Waals surface area contributed by atoms with Crippen molar-refractivity contribution >= 4 is 11.6 Å². The topological polar surface area (TPSA) is 50.4 Å². The van der Waals surface area contributed by atoms with Gasteiger partial charge in [-0.3, -0.25) is 4.79 Å². The van der Waals surface area contributed by atoms with Gasteiger partial charge in [0.05, 0.1) is 7.11 Å². The molecule has 110 valence electrons. The minimum Gasteiger partial charge on any atom is -0.496 e. The summed E-state index contributed by atoms with van der Waals surface area (Å²) >= 11 is 0. The molecule has 0 saturated heterocycles. The predicted octanol–water partition coefficient (Wildman–Crippen LogP) is 2.86. The monoisotopic (exact) mass is 276 g/mol. The van der Waals surface area contributed by atoms with Crippen LogP contribution in [0, 0.1) is 6.92 Å². The largest absolute Gasteiger partial charge is 0.496 e. The molecule has 1 aromatic rings. The quantitative estimate of drug-likeness (QED) is 0.869. The lowest BCUT2D eigenvalue weighted by atomic mass is 10.1. The number of carbonyl (C=O) groups excluding carboxylic acids is 1. The summed E-state index contributed by atoms with van der Waals surface area (Å²) in [6, 6.07) is 5.98. The van der Waals surface area contributed by atoms with Gasteiger partial charge in [-0.2, -0.15) is 0 Å². The van der Waals surface area contributed by atoms with Gasteiger partial charge < -0.3 is 15.4 Å². The van der Waals surface area contributed by atoms with Crippen LogP contribution in [-0.4, -0.2) is 25.1 Å². The van der Waals surface area contributed by atoms with Crippen molar-refractivity contribution in [2.24, 2.45) is 0 Å². The van der Waals surface area contributed by atoms with Gasteiger partial charge >= 0.3 is 0 Å². The Balaban J connectivity index is 1.91. The molecule has 2 rings (SSSR count). The number of benzene rings is 1. The lowest BCUT2D eigenvalue weighted by Crippen LogP contribution is -2.42. The van der Waals surface area contributed by atoms with Crippen LogP contribution in [0.15, 0.2) is 18.2 Å². The Morgan fingerprint density at radius 3 is 2.65 bits per heavy atom. The van der Waals surface area contributed by atoms with E-state index < -0.39 is 0 Å². The fraction of sp³-hybridized carbons (Fsp3) is 0.562. The van der Waals surface area contributed by atoms with Crippen LogP contribution < -0.4 is 15.4 Å². The highest BCUT2D eigenvalue weighted by Crippen LogP contribution is 2.22. The van der Waals surface area contributed by atoms with E-state index in [1.165, 1.54) is 12.8 Å². The lowest BCUT2D eigenvalue weighted by molar-refractivity contribution is -0.122. The summed E-state index contributed by atoms with van der Waals surface area (Å²) < 4.78 is 5.23. The highest BCUT2D eigenvalue weighted by Gasteiger charge is 2.20. The summed E-state index contributed by atoms with van der Waals surface area (Å²) in [6.45, 7) is 3.89. The van der Waals surface area contributed by atoms with Crippen LogP contribution in [0.4, 0.5) is 5.69 Å². The van der Waals surface area contributed by atoms with Crippen molar-refractivity contribution in [3.8, 4) is 5.75 Å². The summed E-state index contributed by atoms with van der Waals surface area (Å²) in [4.78, 5) is 12.1. The van der Waals surface area contributed by atoms with Crippen LogP contribution in [0.25, 0.3) is 0 Å². The van der Waals surface area contributed by atoms with Gasteiger partial charge in [0.2, 0.25) is 5.91 Å².